The van der Waals surface area contributed by atoms with Gasteiger partial charge in [-0.2, -0.15) is 0 Å². The Labute approximate surface area is 75.9 Å². The molecule has 1 N–H and O–H groups in total. The first-order chi connectivity index (χ1) is 5.77. The lowest BCUT2D eigenvalue weighted by Gasteiger charge is -2.42. The van der Waals surface area contributed by atoms with Gasteiger partial charge in [0.15, 0.2) is 0 Å². The molecule has 0 amide bonds. The topological polar surface area (TPSA) is 12.0 Å². The van der Waals surface area contributed by atoms with E-state index in [1.807, 2.05) is 0 Å². The van der Waals surface area contributed by atoms with Crippen LogP contribution in [0.1, 0.15) is 39.5 Å². The molecule has 1 aliphatic heterocycles. The minimum absolute atomic E-state index is 0.788. The van der Waals surface area contributed by atoms with Gasteiger partial charge in [-0.25, -0.2) is 0 Å². The Kier molecular flexibility index (Phi) is 2.40. The van der Waals surface area contributed by atoms with Crippen molar-refractivity contribution in [3.8, 4) is 0 Å². The van der Waals surface area contributed by atoms with Gasteiger partial charge in [-0.1, -0.05) is 13.3 Å². The molecule has 1 saturated carbocycles. The predicted octanol–water partition coefficient (Wildman–Crippen LogP) is 2.42. The summed E-state index contributed by atoms with van der Waals surface area (Å²) in [5, 5.41) is 3.60. The van der Waals surface area contributed by atoms with Crippen molar-refractivity contribution in [3.05, 3.63) is 0 Å². The maximum Gasteiger partial charge on any atom is 0.00696 e. The van der Waals surface area contributed by atoms with E-state index < -0.39 is 0 Å². The number of fused-ring (bicyclic) bond motifs is 1. The molecule has 12 heavy (non-hydrogen) atoms. The molecule has 0 aromatic rings. The number of rotatable bonds is 0. The first-order valence-corrected chi connectivity index (χ1v) is 5.50. The summed E-state index contributed by atoms with van der Waals surface area (Å²) in [6.07, 6.45) is 5.86. The Hall–Kier alpha value is -0.0400. The van der Waals surface area contributed by atoms with Crippen LogP contribution >= 0.6 is 0 Å². The van der Waals surface area contributed by atoms with Gasteiger partial charge in [-0.3, -0.25) is 0 Å². The third-order valence-electron chi connectivity index (χ3n) is 3.93. The summed E-state index contributed by atoms with van der Waals surface area (Å²) in [6, 6.07) is 0.788. The molecule has 2 aliphatic rings. The quantitative estimate of drug-likeness (QED) is 0.584. The fourth-order valence-corrected chi connectivity index (χ4v) is 3.16. The smallest absolute Gasteiger partial charge is 0.00696 e. The second kappa shape index (κ2) is 3.37. The minimum Gasteiger partial charge on any atom is -0.314 e. The van der Waals surface area contributed by atoms with Crippen LogP contribution in [0.2, 0.25) is 0 Å². The van der Waals surface area contributed by atoms with E-state index in [0.29, 0.717) is 0 Å². The highest BCUT2D eigenvalue weighted by molar-refractivity contribution is 4.88. The molecule has 4 unspecified atom stereocenters. The van der Waals surface area contributed by atoms with Crippen LogP contribution < -0.4 is 5.32 Å². The van der Waals surface area contributed by atoms with Crippen molar-refractivity contribution in [2.45, 2.75) is 45.6 Å². The molecule has 1 nitrogen and oxygen atoms in total. The first kappa shape index (κ1) is 8.55. The van der Waals surface area contributed by atoms with Crippen molar-refractivity contribution in [1.29, 1.82) is 0 Å². The average molecular weight is 167 g/mol. The lowest BCUT2D eigenvalue weighted by molar-refractivity contribution is 0.114. The van der Waals surface area contributed by atoms with Crippen LogP contribution in [0.3, 0.4) is 0 Å². The monoisotopic (exact) mass is 167 g/mol. The van der Waals surface area contributed by atoms with E-state index in [-0.39, 0.29) is 0 Å². The molecule has 1 heterocycles. The average Bonchev–Trinajstić information content (AvgIpc) is 2.04. The van der Waals surface area contributed by atoms with Crippen molar-refractivity contribution in [2.24, 2.45) is 17.8 Å². The van der Waals surface area contributed by atoms with Gasteiger partial charge in [0.05, 0.1) is 0 Å². The Morgan fingerprint density at radius 3 is 2.75 bits per heavy atom. The summed E-state index contributed by atoms with van der Waals surface area (Å²) in [7, 11) is 0. The van der Waals surface area contributed by atoms with E-state index in [2.05, 4.69) is 19.2 Å². The third-order valence-corrected chi connectivity index (χ3v) is 3.93. The van der Waals surface area contributed by atoms with E-state index >= 15 is 0 Å². The van der Waals surface area contributed by atoms with Crippen LogP contribution in [0.5, 0.6) is 0 Å². The highest BCUT2D eigenvalue weighted by Crippen LogP contribution is 2.39. The molecule has 70 valence electrons. The normalized spacial score (nSPS) is 48.5. The van der Waals surface area contributed by atoms with E-state index in [1.54, 1.807) is 0 Å². The van der Waals surface area contributed by atoms with Gasteiger partial charge in [-0.15, -0.1) is 0 Å². The lowest BCUT2D eigenvalue weighted by Crippen LogP contribution is -2.46. The number of hydrogen-bond donors (Lipinski definition) is 1. The molecule has 0 radical (unpaired) electrons. The number of nitrogens with one attached hydrogen (secondary N) is 1. The Balaban J connectivity index is 1.99. The Morgan fingerprint density at radius 1 is 1.08 bits per heavy atom. The predicted molar refractivity (Wildman–Crippen MR) is 52.1 cm³/mol. The SMILES string of the molecule is CC1CCC2C(CCNC2C)C1. The van der Waals surface area contributed by atoms with Gasteiger partial charge in [0.25, 0.3) is 0 Å². The highest BCUT2D eigenvalue weighted by Gasteiger charge is 2.34. The zero-order valence-electron chi connectivity index (χ0n) is 8.34. The maximum atomic E-state index is 3.60. The molecule has 0 spiro atoms. The van der Waals surface area contributed by atoms with Gasteiger partial charge in [-0.05, 0) is 50.5 Å². The summed E-state index contributed by atoms with van der Waals surface area (Å²) in [5.74, 6) is 3.04. The summed E-state index contributed by atoms with van der Waals surface area (Å²) in [5.41, 5.74) is 0. The summed E-state index contributed by atoms with van der Waals surface area (Å²) >= 11 is 0. The van der Waals surface area contributed by atoms with Crippen molar-refractivity contribution in [3.63, 3.8) is 0 Å². The molecule has 4 atom stereocenters. The second-order valence-electron chi connectivity index (χ2n) is 4.87. The van der Waals surface area contributed by atoms with Crippen LogP contribution in [-0.4, -0.2) is 12.6 Å². The third kappa shape index (κ3) is 1.52. The maximum absolute atomic E-state index is 3.60. The van der Waals surface area contributed by atoms with E-state index in [4.69, 9.17) is 0 Å². The molecule has 1 aliphatic carbocycles. The van der Waals surface area contributed by atoms with E-state index in [9.17, 15) is 0 Å². The molecule has 1 saturated heterocycles. The van der Waals surface area contributed by atoms with Crippen LogP contribution in [0.25, 0.3) is 0 Å². The number of piperidine rings is 1. The highest BCUT2D eigenvalue weighted by atomic mass is 14.9. The van der Waals surface area contributed by atoms with Crippen molar-refractivity contribution in [2.75, 3.05) is 6.54 Å². The molecule has 0 aromatic carbocycles. The molecular formula is C11H21N. The Morgan fingerprint density at radius 2 is 1.92 bits per heavy atom. The zero-order valence-corrected chi connectivity index (χ0v) is 8.34. The van der Waals surface area contributed by atoms with Crippen LogP contribution in [-0.2, 0) is 0 Å². The lowest BCUT2D eigenvalue weighted by atomic mass is 9.69. The van der Waals surface area contributed by atoms with Gasteiger partial charge in [0.1, 0.15) is 0 Å². The fourth-order valence-electron chi connectivity index (χ4n) is 3.16. The molecule has 2 fully saturated rings. The molecule has 2 rings (SSSR count). The molecule has 0 bridgehead atoms. The zero-order chi connectivity index (χ0) is 8.55. The fraction of sp³-hybridized carbons (Fsp3) is 1.00. The van der Waals surface area contributed by atoms with Crippen molar-refractivity contribution >= 4 is 0 Å². The minimum atomic E-state index is 0.788. The van der Waals surface area contributed by atoms with Gasteiger partial charge in [0.2, 0.25) is 0 Å². The van der Waals surface area contributed by atoms with Crippen molar-refractivity contribution < 1.29 is 0 Å². The van der Waals surface area contributed by atoms with Crippen molar-refractivity contribution in [1.82, 2.24) is 5.32 Å². The van der Waals surface area contributed by atoms with E-state index in [0.717, 1.165) is 23.8 Å². The van der Waals surface area contributed by atoms with E-state index in [1.165, 1.54) is 32.2 Å². The summed E-state index contributed by atoms with van der Waals surface area (Å²) in [6.45, 7) is 6.05. The summed E-state index contributed by atoms with van der Waals surface area (Å²) < 4.78 is 0. The number of hydrogen-bond acceptors (Lipinski definition) is 1. The van der Waals surface area contributed by atoms with Crippen LogP contribution in [0, 0.1) is 17.8 Å². The molecule has 1 heteroatoms. The Bertz CT molecular complexity index is 155. The molecular weight excluding hydrogens is 146 g/mol. The largest absolute Gasteiger partial charge is 0.314 e. The second-order valence-corrected chi connectivity index (χ2v) is 4.87. The summed E-state index contributed by atoms with van der Waals surface area (Å²) in [4.78, 5) is 0. The van der Waals surface area contributed by atoms with Crippen LogP contribution in [0.15, 0.2) is 0 Å². The van der Waals surface area contributed by atoms with Gasteiger partial charge >= 0.3 is 0 Å². The van der Waals surface area contributed by atoms with Gasteiger partial charge in [0, 0.05) is 6.04 Å². The van der Waals surface area contributed by atoms with Crippen LogP contribution in [0.4, 0.5) is 0 Å². The van der Waals surface area contributed by atoms with Gasteiger partial charge < -0.3 is 5.32 Å². The molecule has 0 aromatic heterocycles. The standard InChI is InChI=1S/C11H21N/c1-8-3-4-11-9(2)12-6-5-10(11)7-8/h8-12H,3-7H2,1-2H3. The first-order valence-electron chi connectivity index (χ1n) is 5.50.